The number of nitrogens with two attached hydrogens (primary N) is 1. The Hall–Kier alpha value is -1.12. The van der Waals surface area contributed by atoms with E-state index in [1.807, 2.05) is 0 Å². The third-order valence-electron chi connectivity index (χ3n) is 3.24. The Kier molecular flexibility index (Phi) is 4.90. The Labute approximate surface area is 132 Å². The third kappa shape index (κ3) is 3.56. The van der Waals surface area contributed by atoms with Crippen molar-refractivity contribution in [2.45, 2.75) is 5.37 Å². The number of halogens is 1. The molecule has 2 rings (SSSR count). The van der Waals surface area contributed by atoms with Crippen LogP contribution < -0.4 is 10.6 Å². The number of benzene rings is 1. The molecular formula is C12H16ClN3O3S2. The molecule has 0 radical (unpaired) electrons. The summed E-state index contributed by atoms with van der Waals surface area (Å²) in [5.41, 5.74) is 6.64. The molecule has 0 bridgehead atoms. The van der Waals surface area contributed by atoms with Gasteiger partial charge >= 0.3 is 0 Å². The lowest BCUT2D eigenvalue weighted by atomic mass is 10.1. The van der Waals surface area contributed by atoms with E-state index in [0.717, 1.165) is 5.75 Å². The molecule has 0 aliphatic carbocycles. The quantitative estimate of drug-likeness (QED) is 0.370. The fourth-order valence-corrected chi connectivity index (χ4v) is 5.29. The standard InChI is InChI=1S/C12H16ClN3O3S2/c1-21(18,19)11-7-20-5-4-16(11)10-3-2-8(6-9(10)13)12(14)15-17/h2-3,6,11,17H,4-5,7H2,1H3,(H2,14,15). The second kappa shape index (κ2) is 6.33. The maximum absolute atomic E-state index is 11.9. The van der Waals surface area contributed by atoms with Gasteiger partial charge in [0.15, 0.2) is 15.7 Å². The van der Waals surface area contributed by atoms with Gasteiger partial charge in [-0.2, -0.15) is 11.8 Å². The molecule has 0 saturated carbocycles. The number of oxime groups is 1. The molecule has 0 spiro atoms. The van der Waals surface area contributed by atoms with Crippen LogP contribution in [0.1, 0.15) is 5.56 Å². The molecular weight excluding hydrogens is 334 g/mol. The minimum atomic E-state index is -3.21. The van der Waals surface area contributed by atoms with Gasteiger partial charge in [0.05, 0.1) is 10.7 Å². The van der Waals surface area contributed by atoms with Crippen LogP contribution in [0.2, 0.25) is 5.02 Å². The van der Waals surface area contributed by atoms with E-state index < -0.39 is 15.2 Å². The number of hydrogen-bond acceptors (Lipinski definition) is 6. The zero-order valence-corrected chi connectivity index (χ0v) is 13.7. The number of rotatable bonds is 3. The molecule has 1 aliphatic rings. The van der Waals surface area contributed by atoms with Crippen molar-refractivity contribution in [2.24, 2.45) is 10.9 Å². The lowest BCUT2D eigenvalue weighted by Crippen LogP contribution is -2.47. The maximum Gasteiger partial charge on any atom is 0.170 e. The zero-order valence-electron chi connectivity index (χ0n) is 11.4. The van der Waals surface area contributed by atoms with Gasteiger partial charge in [-0.3, -0.25) is 0 Å². The number of hydrogen-bond donors (Lipinski definition) is 2. The number of thioether (sulfide) groups is 1. The zero-order chi connectivity index (χ0) is 15.6. The maximum atomic E-state index is 11.9. The molecule has 1 unspecified atom stereocenters. The largest absolute Gasteiger partial charge is 0.409 e. The first-order valence-corrected chi connectivity index (χ1v) is 9.64. The first-order valence-electron chi connectivity index (χ1n) is 6.15. The van der Waals surface area contributed by atoms with Crippen LogP contribution in [0.15, 0.2) is 23.4 Å². The van der Waals surface area contributed by atoms with Gasteiger partial charge in [-0.05, 0) is 18.2 Å². The average Bonchev–Trinajstić information content (AvgIpc) is 2.45. The Morgan fingerprint density at radius 1 is 1.57 bits per heavy atom. The number of amidine groups is 1. The molecule has 1 aliphatic heterocycles. The van der Waals surface area contributed by atoms with E-state index in [9.17, 15) is 8.42 Å². The average molecular weight is 350 g/mol. The molecule has 1 fully saturated rings. The first kappa shape index (κ1) is 16.3. The van der Waals surface area contributed by atoms with Crippen LogP contribution in [0, 0.1) is 0 Å². The smallest absolute Gasteiger partial charge is 0.170 e. The van der Waals surface area contributed by atoms with Crippen molar-refractivity contribution in [3.8, 4) is 0 Å². The lowest BCUT2D eigenvalue weighted by molar-refractivity contribution is 0.318. The molecule has 1 saturated heterocycles. The molecule has 3 N–H and O–H groups in total. The topological polar surface area (TPSA) is 96.0 Å². The fourth-order valence-electron chi connectivity index (χ4n) is 2.17. The summed E-state index contributed by atoms with van der Waals surface area (Å²) in [5, 5.41) is 11.4. The summed E-state index contributed by atoms with van der Waals surface area (Å²) in [6.45, 7) is 0.602. The molecule has 0 aromatic heterocycles. The highest BCUT2D eigenvalue weighted by Crippen LogP contribution is 2.32. The first-order chi connectivity index (χ1) is 9.84. The van der Waals surface area contributed by atoms with E-state index in [4.69, 9.17) is 22.5 Å². The van der Waals surface area contributed by atoms with Crippen molar-refractivity contribution in [1.82, 2.24) is 0 Å². The van der Waals surface area contributed by atoms with Crippen LogP contribution in [-0.4, -0.2) is 49.1 Å². The second-order valence-corrected chi connectivity index (χ2v) is 8.46. The van der Waals surface area contributed by atoms with Crippen LogP contribution in [-0.2, 0) is 9.84 Å². The molecule has 1 heterocycles. The summed E-state index contributed by atoms with van der Waals surface area (Å²) >= 11 is 7.85. The highest BCUT2D eigenvalue weighted by Gasteiger charge is 2.32. The normalized spacial score (nSPS) is 20.6. The van der Waals surface area contributed by atoms with Crippen LogP contribution >= 0.6 is 23.4 Å². The molecule has 116 valence electrons. The van der Waals surface area contributed by atoms with Gasteiger partial charge in [-0.25, -0.2) is 8.42 Å². The molecule has 6 nitrogen and oxygen atoms in total. The second-order valence-electron chi connectivity index (χ2n) is 4.70. The predicted molar refractivity (Wildman–Crippen MR) is 87.3 cm³/mol. The van der Waals surface area contributed by atoms with Crippen molar-refractivity contribution in [3.05, 3.63) is 28.8 Å². The summed E-state index contributed by atoms with van der Waals surface area (Å²) in [6, 6.07) is 4.91. The Morgan fingerprint density at radius 2 is 2.29 bits per heavy atom. The van der Waals surface area contributed by atoms with Crippen LogP contribution in [0.5, 0.6) is 0 Å². The van der Waals surface area contributed by atoms with Crippen LogP contribution in [0.4, 0.5) is 5.69 Å². The van der Waals surface area contributed by atoms with Gasteiger partial charge in [0.2, 0.25) is 0 Å². The summed E-state index contributed by atoms with van der Waals surface area (Å²) in [4.78, 5) is 1.80. The van der Waals surface area contributed by atoms with Crippen molar-refractivity contribution < 1.29 is 13.6 Å². The summed E-state index contributed by atoms with van der Waals surface area (Å²) < 4.78 is 23.9. The Balaban J connectivity index is 2.40. The highest BCUT2D eigenvalue weighted by molar-refractivity contribution is 8.01. The van der Waals surface area contributed by atoms with Crippen LogP contribution in [0.25, 0.3) is 0 Å². The van der Waals surface area contributed by atoms with E-state index in [1.165, 1.54) is 6.26 Å². The lowest BCUT2D eigenvalue weighted by Gasteiger charge is -2.36. The van der Waals surface area contributed by atoms with Crippen LogP contribution in [0.3, 0.4) is 0 Å². The molecule has 1 atom stereocenters. The van der Waals surface area contributed by atoms with E-state index in [2.05, 4.69) is 5.16 Å². The van der Waals surface area contributed by atoms with E-state index in [1.54, 1.807) is 34.9 Å². The van der Waals surface area contributed by atoms with Crippen molar-refractivity contribution >= 4 is 44.7 Å². The monoisotopic (exact) mass is 349 g/mol. The van der Waals surface area contributed by atoms with E-state index in [0.29, 0.717) is 28.6 Å². The number of sulfone groups is 1. The van der Waals surface area contributed by atoms with E-state index in [-0.39, 0.29) is 5.84 Å². The summed E-state index contributed by atoms with van der Waals surface area (Å²) in [6.07, 6.45) is 1.23. The Morgan fingerprint density at radius 3 is 2.86 bits per heavy atom. The summed E-state index contributed by atoms with van der Waals surface area (Å²) in [7, 11) is -3.21. The van der Waals surface area contributed by atoms with Crippen molar-refractivity contribution in [3.63, 3.8) is 0 Å². The van der Waals surface area contributed by atoms with Gasteiger partial charge in [-0.1, -0.05) is 16.8 Å². The molecule has 21 heavy (non-hydrogen) atoms. The van der Waals surface area contributed by atoms with Gasteiger partial charge in [0, 0.05) is 29.9 Å². The van der Waals surface area contributed by atoms with Crippen molar-refractivity contribution in [2.75, 3.05) is 29.2 Å². The van der Waals surface area contributed by atoms with E-state index >= 15 is 0 Å². The van der Waals surface area contributed by atoms with Crippen molar-refractivity contribution in [1.29, 1.82) is 0 Å². The summed E-state index contributed by atoms with van der Waals surface area (Å²) in [5.74, 6) is 1.30. The molecule has 1 aromatic rings. The number of anilines is 1. The Bertz CT molecular complexity index is 664. The third-order valence-corrected chi connectivity index (χ3v) is 6.19. The van der Waals surface area contributed by atoms with Gasteiger partial charge in [0.25, 0.3) is 0 Å². The SMILES string of the molecule is CS(=O)(=O)C1CSCCN1c1ccc(C(N)=NO)cc1Cl. The molecule has 9 heteroatoms. The molecule has 1 aromatic carbocycles. The highest BCUT2D eigenvalue weighted by atomic mass is 35.5. The number of nitrogens with zero attached hydrogens (tertiary/aromatic N) is 2. The molecule has 0 amide bonds. The fraction of sp³-hybridized carbons (Fsp3) is 0.417. The van der Waals surface area contributed by atoms with Gasteiger partial charge in [0.1, 0.15) is 5.37 Å². The van der Waals surface area contributed by atoms with Gasteiger partial charge < -0.3 is 15.8 Å². The minimum absolute atomic E-state index is 0.0442. The predicted octanol–water partition coefficient (Wildman–Crippen LogP) is 1.36. The minimum Gasteiger partial charge on any atom is -0.409 e. The van der Waals surface area contributed by atoms with Gasteiger partial charge in [-0.15, -0.1) is 0 Å².